The zero-order valence-corrected chi connectivity index (χ0v) is 11.2. The first-order valence-electron chi connectivity index (χ1n) is 5.35. The van der Waals surface area contributed by atoms with Gasteiger partial charge in [0.2, 0.25) is 10.0 Å². The monoisotopic (exact) mass is 293 g/mol. The molecule has 0 radical (unpaired) electrons. The molecule has 0 saturated heterocycles. The van der Waals surface area contributed by atoms with Crippen molar-refractivity contribution in [3.8, 4) is 0 Å². The Balaban J connectivity index is 3.17. The van der Waals surface area contributed by atoms with Crippen molar-refractivity contribution < 1.29 is 26.7 Å². The second-order valence-electron chi connectivity index (χ2n) is 3.58. The van der Waals surface area contributed by atoms with Gasteiger partial charge in [-0.1, -0.05) is 6.92 Å². The predicted octanol–water partition coefficient (Wildman–Crippen LogP) is 1.15. The zero-order valence-electron chi connectivity index (χ0n) is 10.4. The quantitative estimate of drug-likeness (QED) is 0.764. The maximum Gasteiger partial charge on any atom is 0.321 e. The molecule has 0 spiro atoms. The Morgan fingerprint density at radius 3 is 2.47 bits per heavy atom. The number of nitrogens with zero attached hydrogens (tertiary/aromatic N) is 1. The Labute approximate surface area is 109 Å². The zero-order chi connectivity index (χ0) is 14.6. The second kappa shape index (κ2) is 6.07. The van der Waals surface area contributed by atoms with Crippen LogP contribution in [0.3, 0.4) is 0 Å². The van der Waals surface area contributed by atoms with E-state index in [2.05, 4.69) is 4.74 Å². The molecular weight excluding hydrogens is 280 g/mol. The summed E-state index contributed by atoms with van der Waals surface area (Å²) in [5.74, 6) is -2.86. The van der Waals surface area contributed by atoms with Crippen molar-refractivity contribution in [2.45, 2.75) is 11.8 Å². The van der Waals surface area contributed by atoms with Crippen LogP contribution < -0.4 is 0 Å². The van der Waals surface area contributed by atoms with E-state index in [1.807, 2.05) is 0 Å². The number of sulfonamides is 1. The molecule has 0 heterocycles. The number of likely N-dealkylation sites (N-methyl/N-ethyl adjacent to an activating group) is 1. The van der Waals surface area contributed by atoms with E-state index >= 15 is 0 Å². The number of carbonyl (C=O) groups is 1. The van der Waals surface area contributed by atoms with Crippen LogP contribution in [-0.2, 0) is 19.6 Å². The maximum atomic E-state index is 13.5. The Kier molecular flexibility index (Phi) is 4.96. The fourth-order valence-corrected chi connectivity index (χ4v) is 2.84. The van der Waals surface area contributed by atoms with Crippen molar-refractivity contribution in [3.05, 3.63) is 29.8 Å². The van der Waals surface area contributed by atoms with Crippen LogP contribution in [0.5, 0.6) is 0 Å². The molecule has 1 aromatic rings. The first-order valence-corrected chi connectivity index (χ1v) is 6.79. The van der Waals surface area contributed by atoms with Gasteiger partial charge in [-0.15, -0.1) is 0 Å². The summed E-state index contributed by atoms with van der Waals surface area (Å²) in [5, 5.41) is 0. The van der Waals surface area contributed by atoms with Crippen molar-refractivity contribution in [1.29, 1.82) is 0 Å². The van der Waals surface area contributed by atoms with Crippen molar-refractivity contribution in [2.24, 2.45) is 0 Å². The molecule has 1 aromatic carbocycles. The molecule has 0 aliphatic heterocycles. The SMILES string of the molecule is CCN(CC(=O)OC)S(=O)(=O)c1ccc(F)cc1F. The normalized spacial score (nSPS) is 11.6. The minimum Gasteiger partial charge on any atom is -0.468 e. The van der Waals surface area contributed by atoms with Gasteiger partial charge in [-0.05, 0) is 12.1 Å². The van der Waals surface area contributed by atoms with E-state index in [4.69, 9.17) is 0 Å². The highest BCUT2D eigenvalue weighted by Gasteiger charge is 2.28. The highest BCUT2D eigenvalue weighted by Crippen LogP contribution is 2.19. The Morgan fingerprint density at radius 2 is 2.00 bits per heavy atom. The van der Waals surface area contributed by atoms with Crippen LogP contribution in [0.4, 0.5) is 8.78 Å². The van der Waals surface area contributed by atoms with Crippen LogP contribution in [0.15, 0.2) is 23.1 Å². The van der Waals surface area contributed by atoms with E-state index in [0.29, 0.717) is 6.07 Å². The van der Waals surface area contributed by atoms with Crippen LogP contribution in [0.2, 0.25) is 0 Å². The van der Waals surface area contributed by atoms with E-state index in [0.717, 1.165) is 23.5 Å². The summed E-state index contributed by atoms with van der Waals surface area (Å²) in [6.07, 6.45) is 0. The molecule has 0 bridgehead atoms. The summed E-state index contributed by atoms with van der Waals surface area (Å²) in [6.45, 7) is 0.905. The first-order chi connectivity index (χ1) is 8.82. The predicted molar refractivity (Wildman–Crippen MR) is 62.8 cm³/mol. The Morgan fingerprint density at radius 1 is 1.37 bits per heavy atom. The minimum absolute atomic E-state index is 0.0474. The number of carbonyl (C=O) groups excluding carboxylic acids is 1. The van der Waals surface area contributed by atoms with Crippen LogP contribution in [0.25, 0.3) is 0 Å². The third-order valence-electron chi connectivity index (χ3n) is 2.40. The molecule has 19 heavy (non-hydrogen) atoms. The fourth-order valence-electron chi connectivity index (χ4n) is 1.40. The first kappa shape index (κ1) is 15.5. The lowest BCUT2D eigenvalue weighted by atomic mass is 10.3. The molecule has 1 rings (SSSR count). The number of rotatable bonds is 5. The number of halogens is 2. The molecule has 0 saturated carbocycles. The molecule has 0 N–H and O–H groups in total. The topological polar surface area (TPSA) is 63.7 Å². The van der Waals surface area contributed by atoms with Gasteiger partial charge in [0, 0.05) is 12.6 Å². The number of ether oxygens (including phenoxy) is 1. The summed E-state index contributed by atoms with van der Waals surface area (Å²) in [4.78, 5) is 10.4. The molecule has 0 aliphatic rings. The van der Waals surface area contributed by atoms with Crippen LogP contribution in [-0.4, -0.2) is 38.9 Å². The summed E-state index contributed by atoms with van der Waals surface area (Å²) < 4.78 is 55.6. The molecule has 8 heteroatoms. The molecule has 0 aliphatic carbocycles. The van der Waals surface area contributed by atoms with Gasteiger partial charge in [0.1, 0.15) is 23.1 Å². The van der Waals surface area contributed by atoms with E-state index in [1.165, 1.54) is 6.92 Å². The van der Waals surface area contributed by atoms with Gasteiger partial charge in [0.15, 0.2) is 0 Å². The number of hydrogen-bond donors (Lipinski definition) is 0. The third kappa shape index (κ3) is 3.48. The van der Waals surface area contributed by atoms with Gasteiger partial charge in [-0.2, -0.15) is 4.31 Å². The van der Waals surface area contributed by atoms with Gasteiger partial charge in [-0.3, -0.25) is 4.79 Å². The lowest BCUT2D eigenvalue weighted by Crippen LogP contribution is -2.36. The summed E-state index contributed by atoms with van der Waals surface area (Å²) in [7, 11) is -3.10. The van der Waals surface area contributed by atoms with Gasteiger partial charge in [0.25, 0.3) is 0 Å². The van der Waals surface area contributed by atoms with Gasteiger partial charge >= 0.3 is 5.97 Å². The molecule has 0 fully saturated rings. The molecule has 5 nitrogen and oxygen atoms in total. The standard InChI is InChI=1S/C11H13F2NO4S/c1-3-14(7-11(15)18-2)19(16,17)10-5-4-8(12)6-9(10)13/h4-6H,3,7H2,1-2H3. The number of esters is 1. The Hall–Kier alpha value is -1.54. The summed E-state index contributed by atoms with van der Waals surface area (Å²) >= 11 is 0. The lowest BCUT2D eigenvalue weighted by Gasteiger charge is -2.19. The van der Waals surface area contributed by atoms with Crippen molar-refractivity contribution in [2.75, 3.05) is 20.2 Å². The van der Waals surface area contributed by atoms with Crippen molar-refractivity contribution in [3.63, 3.8) is 0 Å². The summed E-state index contributed by atoms with van der Waals surface area (Å²) in [5.41, 5.74) is 0. The van der Waals surface area contributed by atoms with Crippen molar-refractivity contribution in [1.82, 2.24) is 4.31 Å². The number of benzene rings is 1. The van der Waals surface area contributed by atoms with E-state index in [9.17, 15) is 22.0 Å². The highest BCUT2D eigenvalue weighted by molar-refractivity contribution is 7.89. The van der Waals surface area contributed by atoms with Gasteiger partial charge < -0.3 is 4.74 Å². The van der Waals surface area contributed by atoms with Crippen LogP contribution in [0.1, 0.15) is 6.92 Å². The maximum absolute atomic E-state index is 13.5. The molecule has 0 amide bonds. The Bertz CT molecular complexity index is 574. The van der Waals surface area contributed by atoms with E-state index in [-0.39, 0.29) is 6.54 Å². The van der Waals surface area contributed by atoms with Gasteiger partial charge in [-0.25, -0.2) is 17.2 Å². The molecule has 0 unspecified atom stereocenters. The average molecular weight is 293 g/mol. The largest absolute Gasteiger partial charge is 0.468 e. The van der Waals surface area contributed by atoms with Gasteiger partial charge in [0.05, 0.1) is 7.11 Å². The molecular formula is C11H13F2NO4S. The van der Waals surface area contributed by atoms with Crippen molar-refractivity contribution >= 4 is 16.0 Å². The molecule has 106 valence electrons. The minimum atomic E-state index is -4.21. The third-order valence-corrected chi connectivity index (χ3v) is 4.35. The van der Waals surface area contributed by atoms with Crippen LogP contribution in [0, 0.1) is 11.6 Å². The van der Waals surface area contributed by atoms with Crippen LogP contribution >= 0.6 is 0 Å². The molecule has 0 aromatic heterocycles. The highest BCUT2D eigenvalue weighted by atomic mass is 32.2. The summed E-state index contributed by atoms with van der Waals surface area (Å²) in [6, 6.07) is 2.13. The average Bonchev–Trinajstić information content (AvgIpc) is 2.34. The fraction of sp³-hybridized carbons (Fsp3) is 0.364. The lowest BCUT2D eigenvalue weighted by molar-refractivity contribution is -0.140. The number of methoxy groups -OCH3 is 1. The smallest absolute Gasteiger partial charge is 0.321 e. The molecule has 0 atom stereocenters. The second-order valence-corrected chi connectivity index (χ2v) is 5.49. The van der Waals surface area contributed by atoms with E-state index < -0.39 is 39.1 Å². The number of hydrogen-bond acceptors (Lipinski definition) is 4. The van der Waals surface area contributed by atoms with E-state index in [1.54, 1.807) is 0 Å².